The lowest BCUT2D eigenvalue weighted by Crippen LogP contribution is -2.50. The largest absolute Gasteiger partial charge is 0.374 e. The van der Waals surface area contributed by atoms with Crippen LogP contribution in [0.15, 0.2) is 0 Å². The fraction of sp³-hybridized carbons (Fsp3) is 1.00. The van der Waals surface area contributed by atoms with Crippen molar-refractivity contribution < 1.29 is 4.74 Å². The molecule has 1 aliphatic heterocycles. The molecule has 2 N–H and O–H groups in total. The molecule has 0 spiro atoms. The van der Waals surface area contributed by atoms with Gasteiger partial charge in [-0.2, -0.15) is 0 Å². The Morgan fingerprint density at radius 1 is 1.33 bits per heavy atom. The van der Waals surface area contributed by atoms with E-state index in [1.807, 2.05) is 0 Å². The molecule has 1 saturated heterocycles. The van der Waals surface area contributed by atoms with Gasteiger partial charge in [-0.15, -0.1) is 0 Å². The van der Waals surface area contributed by atoms with Crippen LogP contribution in [0.4, 0.5) is 0 Å². The molecule has 1 atom stereocenters. The van der Waals surface area contributed by atoms with E-state index in [1.54, 1.807) is 0 Å². The smallest absolute Gasteiger partial charge is 0.0829 e. The van der Waals surface area contributed by atoms with Crippen LogP contribution < -0.4 is 5.73 Å². The van der Waals surface area contributed by atoms with E-state index in [4.69, 9.17) is 10.5 Å². The molecule has 4 nitrogen and oxygen atoms in total. The van der Waals surface area contributed by atoms with Crippen molar-refractivity contribution in [2.75, 3.05) is 45.9 Å². The van der Waals surface area contributed by atoms with Gasteiger partial charge >= 0.3 is 0 Å². The molecular formula is C14H31N3O. The monoisotopic (exact) mass is 257 g/mol. The highest BCUT2D eigenvalue weighted by Gasteiger charge is 2.24. The number of nitrogens with zero attached hydrogens (tertiary/aromatic N) is 2. The Kier molecular flexibility index (Phi) is 7.15. The van der Waals surface area contributed by atoms with E-state index in [1.165, 1.54) is 0 Å². The van der Waals surface area contributed by atoms with Gasteiger partial charge in [0.25, 0.3) is 0 Å². The highest BCUT2D eigenvalue weighted by molar-refractivity contribution is 4.77. The summed E-state index contributed by atoms with van der Waals surface area (Å²) in [5, 5.41) is 0. The molecule has 1 fully saturated rings. The van der Waals surface area contributed by atoms with Gasteiger partial charge in [-0.05, 0) is 19.8 Å². The molecule has 0 amide bonds. The van der Waals surface area contributed by atoms with Crippen molar-refractivity contribution in [3.8, 4) is 0 Å². The van der Waals surface area contributed by atoms with Crippen molar-refractivity contribution >= 4 is 0 Å². The molecule has 0 aromatic rings. The maximum Gasteiger partial charge on any atom is 0.0829 e. The molecule has 0 aliphatic carbocycles. The van der Waals surface area contributed by atoms with E-state index in [2.05, 4.69) is 37.5 Å². The van der Waals surface area contributed by atoms with Crippen LogP contribution in [0.1, 0.15) is 27.7 Å². The first kappa shape index (κ1) is 15.9. The average molecular weight is 257 g/mol. The van der Waals surface area contributed by atoms with Crippen LogP contribution in [0, 0.1) is 5.92 Å². The van der Waals surface area contributed by atoms with Crippen LogP contribution in [-0.2, 0) is 4.74 Å². The summed E-state index contributed by atoms with van der Waals surface area (Å²) >= 11 is 0. The molecule has 0 aromatic heterocycles. The average Bonchev–Trinajstić information content (AvgIpc) is 2.28. The fourth-order valence-corrected chi connectivity index (χ4v) is 2.57. The maximum atomic E-state index is 5.89. The van der Waals surface area contributed by atoms with Gasteiger partial charge in [-0.25, -0.2) is 0 Å². The first-order valence-corrected chi connectivity index (χ1v) is 7.31. The van der Waals surface area contributed by atoms with Gasteiger partial charge < -0.3 is 10.5 Å². The van der Waals surface area contributed by atoms with E-state index in [-0.39, 0.29) is 0 Å². The molecule has 0 aromatic carbocycles. The van der Waals surface area contributed by atoms with E-state index in [0.717, 1.165) is 45.9 Å². The predicted molar refractivity (Wildman–Crippen MR) is 76.8 cm³/mol. The van der Waals surface area contributed by atoms with Crippen LogP contribution in [0.2, 0.25) is 0 Å². The van der Waals surface area contributed by atoms with Gasteiger partial charge in [0.05, 0.1) is 12.7 Å². The third kappa shape index (κ3) is 5.65. The van der Waals surface area contributed by atoms with Gasteiger partial charge in [0.2, 0.25) is 0 Å². The first-order valence-electron chi connectivity index (χ1n) is 7.31. The lowest BCUT2D eigenvalue weighted by Gasteiger charge is -2.38. The molecule has 1 unspecified atom stereocenters. The minimum Gasteiger partial charge on any atom is -0.374 e. The van der Waals surface area contributed by atoms with E-state index in [0.29, 0.717) is 18.1 Å². The molecule has 1 aliphatic rings. The molecule has 0 radical (unpaired) electrons. The highest BCUT2D eigenvalue weighted by Crippen LogP contribution is 2.11. The van der Waals surface area contributed by atoms with E-state index in [9.17, 15) is 0 Å². The molecule has 1 rings (SSSR count). The van der Waals surface area contributed by atoms with Crippen molar-refractivity contribution in [2.24, 2.45) is 11.7 Å². The Balaban J connectivity index is 2.42. The molecule has 18 heavy (non-hydrogen) atoms. The summed E-state index contributed by atoms with van der Waals surface area (Å²) in [6.07, 6.45) is 0.339. The Bertz CT molecular complexity index is 221. The first-order chi connectivity index (χ1) is 8.52. The molecule has 0 saturated carbocycles. The lowest BCUT2D eigenvalue weighted by molar-refractivity contribution is -0.0527. The second-order valence-corrected chi connectivity index (χ2v) is 6.02. The summed E-state index contributed by atoms with van der Waals surface area (Å²) < 4.78 is 5.89. The highest BCUT2D eigenvalue weighted by atomic mass is 16.5. The third-order valence-corrected chi connectivity index (χ3v) is 3.43. The molecule has 4 heteroatoms. The molecule has 1 heterocycles. The van der Waals surface area contributed by atoms with Crippen molar-refractivity contribution in [1.29, 1.82) is 0 Å². The maximum absolute atomic E-state index is 5.89. The topological polar surface area (TPSA) is 41.7 Å². The minimum absolute atomic E-state index is 0.339. The zero-order chi connectivity index (χ0) is 13.5. The van der Waals surface area contributed by atoms with Crippen molar-refractivity contribution in [3.63, 3.8) is 0 Å². The minimum atomic E-state index is 0.339. The van der Waals surface area contributed by atoms with Gasteiger partial charge in [0.1, 0.15) is 0 Å². The van der Waals surface area contributed by atoms with Crippen LogP contribution in [0.25, 0.3) is 0 Å². The number of nitrogens with two attached hydrogens (primary N) is 1. The summed E-state index contributed by atoms with van der Waals surface area (Å²) in [5.41, 5.74) is 5.69. The number of morpholine rings is 1. The van der Waals surface area contributed by atoms with Crippen LogP contribution in [-0.4, -0.2) is 67.8 Å². The number of ether oxygens (including phenoxy) is 1. The van der Waals surface area contributed by atoms with Gasteiger partial charge in [0.15, 0.2) is 0 Å². The number of hydrogen-bond acceptors (Lipinski definition) is 4. The zero-order valence-corrected chi connectivity index (χ0v) is 12.6. The third-order valence-electron chi connectivity index (χ3n) is 3.43. The number of rotatable bonds is 7. The standard InChI is InChI=1S/C14H31N3O/c1-12(2)9-16(6-5-15)10-14-11-17(13(3)4)7-8-18-14/h12-14H,5-11,15H2,1-4H3. The van der Waals surface area contributed by atoms with Crippen LogP contribution in [0.5, 0.6) is 0 Å². The Hall–Kier alpha value is -0.160. The Morgan fingerprint density at radius 2 is 2.06 bits per heavy atom. The Labute approximate surface area is 112 Å². The van der Waals surface area contributed by atoms with Gasteiger partial charge in [-0.3, -0.25) is 9.80 Å². The van der Waals surface area contributed by atoms with E-state index >= 15 is 0 Å². The number of hydrogen-bond donors (Lipinski definition) is 1. The van der Waals surface area contributed by atoms with Gasteiger partial charge in [-0.1, -0.05) is 13.8 Å². The summed E-state index contributed by atoms with van der Waals surface area (Å²) in [5.74, 6) is 0.682. The SMILES string of the molecule is CC(C)CN(CCN)CC1CN(C(C)C)CCO1. The molecule has 0 bridgehead atoms. The Morgan fingerprint density at radius 3 is 2.61 bits per heavy atom. The molecule has 108 valence electrons. The summed E-state index contributed by atoms with van der Waals surface area (Å²) in [6, 6.07) is 0.615. The normalized spacial score (nSPS) is 22.3. The zero-order valence-electron chi connectivity index (χ0n) is 12.6. The van der Waals surface area contributed by atoms with Crippen molar-refractivity contribution in [3.05, 3.63) is 0 Å². The van der Waals surface area contributed by atoms with Crippen LogP contribution >= 0.6 is 0 Å². The second kappa shape index (κ2) is 8.10. The molecular weight excluding hydrogens is 226 g/mol. The summed E-state index contributed by atoms with van der Waals surface area (Å²) in [6.45, 7) is 15.8. The predicted octanol–water partition coefficient (Wildman–Crippen LogP) is 1.01. The van der Waals surface area contributed by atoms with Crippen molar-refractivity contribution in [1.82, 2.24) is 9.80 Å². The van der Waals surface area contributed by atoms with Gasteiger partial charge in [0, 0.05) is 45.3 Å². The summed E-state index contributed by atoms with van der Waals surface area (Å²) in [7, 11) is 0. The summed E-state index contributed by atoms with van der Waals surface area (Å²) in [4.78, 5) is 4.95. The second-order valence-electron chi connectivity index (χ2n) is 6.02. The van der Waals surface area contributed by atoms with Crippen LogP contribution in [0.3, 0.4) is 0 Å². The quantitative estimate of drug-likeness (QED) is 0.739. The van der Waals surface area contributed by atoms with E-state index < -0.39 is 0 Å². The fourth-order valence-electron chi connectivity index (χ4n) is 2.57. The lowest BCUT2D eigenvalue weighted by atomic mass is 10.1. The van der Waals surface area contributed by atoms with Crippen molar-refractivity contribution in [2.45, 2.75) is 39.8 Å².